The molecule has 1 aromatic carbocycles. The average molecular weight is 220 g/mol. The number of halogens is 1. The first-order valence-electron chi connectivity index (χ1n) is 5.68. The minimum Gasteiger partial charge on any atom is -0.299 e. The molecule has 0 aliphatic rings. The van der Waals surface area contributed by atoms with Gasteiger partial charge in [-0.3, -0.25) is 4.79 Å². The van der Waals surface area contributed by atoms with Gasteiger partial charge in [-0.15, -0.1) is 0 Å². The van der Waals surface area contributed by atoms with Crippen molar-refractivity contribution < 1.29 is 9.18 Å². The second-order valence-corrected chi connectivity index (χ2v) is 3.80. The summed E-state index contributed by atoms with van der Waals surface area (Å²) in [5.41, 5.74) is 1.73. The first-order valence-corrected chi connectivity index (χ1v) is 5.68. The predicted molar refractivity (Wildman–Crippen MR) is 64.6 cm³/mol. The maximum atomic E-state index is 13.0. The van der Waals surface area contributed by atoms with E-state index in [1.165, 1.54) is 18.2 Å². The van der Waals surface area contributed by atoms with Crippen molar-refractivity contribution in [3.8, 4) is 0 Å². The summed E-state index contributed by atoms with van der Waals surface area (Å²) in [4.78, 5) is 10.5. The summed E-state index contributed by atoms with van der Waals surface area (Å²) < 4.78 is 13.0. The van der Waals surface area contributed by atoms with Crippen LogP contribution >= 0.6 is 0 Å². The van der Waals surface area contributed by atoms with Gasteiger partial charge in [-0.25, -0.2) is 4.39 Å². The molecule has 0 fully saturated rings. The Kier molecular flexibility index (Phi) is 5.48. The van der Waals surface area contributed by atoms with Gasteiger partial charge in [0.2, 0.25) is 0 Å². The number of allylic oxidation sites excluding steroid dienone is 2. The highest BCUT2D eigenvalue weighted by Crippen LogP contribution is 2.21. The molecule has 86 valence electrons. The van der Waals surface area contributed by atoms with Crippen molar-refractivity contribution in [2.45, 2.75) is 32.6 Å². The van der Waals surface area contributed by atoms with Crippen molar-refractivity contribution >= 4 is 11.9 Å². The Labute approximate surface area is 96.0 Å². The third-order valence-electron chi connectivity index (χ3n) is 2.51. The van der Waals surface area contributed by atoms with Crippen molar-refractivity contribution in [2.24, 2.45) is 0 Å². The fourth-order valence-electron chi connectivity index (χ4n) is 1.66. The van der Waals surface area contributed by atoms with E-state index in [1.54, 1.807) is 6.07 Å². The molecule has 1 rings (SSSR count). The number of aldehydes is 1. The van der Waals surface area contributed by atoms with E-state index in [-0.39, 0.29) is 5.82 Å². The summed E-state index contributed by atoms with van der Waals surface area (Å²) in [6, 6.07) is 6.39. The summed E-state index contributed by atoms with van der Waals surface area (Å²) in [6.07, 6.45) is 6.43. The molecule has 1 nitrogen and oxygen atoms in total. The van der Waals surface area contributed by atoms with Gasteiger partial charge in [-0.05, 0) is 42.2 Å². The monoisotopic (exact) mass is 220 g/mol. The zero-order chi connectivity index (χ0) is 11.8. The molecular weight excluding hydrogens is 203 g/mol. The van der Waals surface area contributed by atoms with Gasteiger partial charge in [0.15, 0.2) is 0 Å². The van der Waals surface area contributed by atoms with E-state index in [0.717, 1.165) is 43.1 Å². The Hall–Kier alpha value is -1.44. The van der Waals surface area contributed by atoms with Crippen molar-refractivity contribution in [3.05, 3.63) is 41.7 Å². The predicted octanol–water partition coefficient (Wildman–Crippen LogP) is 3.99. The summed E-state index contributed by atoms with van der Waals surface area (Å²) in [5.74, 6) is -0.259. The Morgan fingerprint density at radius 1 is 1.38 bits per heavy atom. The Balaban J connectivity index is 2.77. The van der Waals surface area contributed by atoms with Crippen LogP contribution in [-0.4, -0.2) is 6.29 Å². The van der Waals surface area contributed by atoms with Crippen molar-refractivity contribution in [2.75, 3.05) is 0 Å². The van der Waals surface area contributed by atoms with Crippen LogP contribution in [0.5, 0.6) is 0 Å². The average Bonchev–Trinajstić information content (AvgIpc) is 2.28. The molecule has 0 aliphatic carbocycles. The van der Waals surface area contributed by atoms with Crippen LogP contribution in [-0.2, 0) is 4.79 Å². The van der Waals surface area contributed by atoms with Crippen LogP contribution < -0.4 is 0 Å². The normalized spacial score (nSPS) is 11.5. The lowest BCUT2D eigenvalue weighted by molar-refractivity contribution is -0.104. The number of hydrogen-bond acceptors (Lipinski definition) is 1. The van der Waals surface area contributed by atoms with Gasteiger partial charge < -0.3 is 0 Å². The number of carbonyl (C=O) groups is 1. The molecule has 0 saturated carbocycles. The molecule has 16 heavy (non-hydrogen) atoms. The minimum atomic E-state index is -0.259. The third-order valence-corrected chi connectivity index (χ3v) is 2.51. The summed E-state index contributed by atoms with van der Waals surface area (Å²) in [5, 5.41) is 0. The number of benzene rings is 1. The molecule has 0 radical (unpaired) electrons. The lowest BCUT2D eigenvalue weighted by Gasteiger charge is -2.06. The van der Waals surface area contributed by atoms with E-state index in [9.17, 15) is 9.18 Å². The van der Waals surface area contributed by atoms with E-state index in [4.69, 9.17) is 0 Å². The molecule has 1 aromatic rings. The standard InChI is InChI=1S/C14H17FO/c1-2-3-4-6-12(9-10-16)13-7-5-8-14(15)11-13/h5,7-11H,2-4,6H2,1H3. The second kappa shape index (κ2) is 6.94. The van der Waals surface area contributed by atoms with Crippen molar-refractivity contribution in [3.63, 3.8) is 0 Å². The van der Waals surface area contributed by atoms with Gasteiger partial charge in [0.1, 0.15) is 12.1 Å². The number of unbranched alkanes of at least 4 members (excludes halogenated alkanes) is 2. The van der Waals surface area contributed by atoms with Crippen LogP contribution in [0.15, 0.2) is 30.3 Å². The second-order valence-electron chi connectivity index (χ2n) is 3.80. The molecule has 0 amide bonds. The first kappa shape index (κ1) is 12.6. The third kappa shape index (κ3) is 3.97. The van der Waals surface area contributed by atoms with E-state index in [2.05, 4.69) is 6.92 Å². The van der Waals surface area contributed by atoms with Crippen LogP contribution in [0.1, 0.15) is 38.2 Å². The zero-order valence-corrected chi connectivity index (χ0v) is 9.58. The Morgan fingerprint density at radius 3 is 2.81 bits per heavy atom. The molecule has 0 N–H and O–H groups in total. The Morgan fingerprint density at radius 2 is 2.19 bits per heavy atom. The van der Waals surface area contributed by atoms with Crippen LogP contribution in [0, 0.1) is 5.82 Å². The highest BCUT2D eigenvalue weighted by molar-refractivity contribution is 5.81. The molecule has 0 unspecified atom stereocenters. The van der Waals surface area contributed by atoms with Gasteiger partial charge in [-0.2, -0.15) is 0 Å². The molecule has 0 bridgehead atoms. The van der Waals surface area contributed by atoms with Gasteiger partial charge in [0.05, 0.1) is 0 Å². The van der Waals surface area contributed by atoms with E-state index < -0.39 is 0 Å². The number of carbonyl (C=O) groups excluding carboxylic acids is 1. The molecular formula is C14H17FO. The van der Waals surface area contributed by atoms with E-state index in [0.29, 0.717) is 0 Å². The van der Waals surface area contributed by atoms with Gasteiger partial charge >= 0.3 is 0 Å². The molecule has 0 atom stereocenters. The number of rotatable bonds is 6. The highest BCUT2D eigenvalue weighted by atomic mass is 19.1. The smallest absolute Gasteiger partial charge is 0.143 e. The molecule has 0 aliphatic heterocycles. The van der Waals surface area contributed by atoms with Gasteiger partial charge in [0, 0.05) is 0 Å². The minimum absolute atomic E-state index is 0.259. The van der Waals surface area contributed by atoms with Crippen LogP contribution in [0.4, 0.5) is 4.39 Å². The summed E-state index contributed by atoms with van der Waals surface area (Å²) in [6.45, 7) is 2.13. The SMILES string of the molecule is CCCCCC(=CC=O)c1cccc(F)c1. The molecule has 0 spiro atoms. The van der Waals surface area contributed by atoms with Crippen molar-refractivity contribution in [1.82, 2.24) is 0 Å². The molecule has 0 aromatic heterocycles. The zero-order valence-electron chi connectivity index (χ0n) is 9.58. The lowest BCUT2D eigenvalue weighted by Crippen LogP contribution is -1.88. The fraction of sp³-hybridized carbons (Fsp3) is 0.357. The highest BCUT2D eigenvalue weighted by Gasteiger charge is 2.02. The van der Waals surface area contributed by atoms with Crippen LogP contribution in [0.2, 0.25) is 0 Å². The first-order chi connectivity index (χ1) is 7.77. The van der Waals surface area contributed by atoms with E-state index >= 15 is 0 Å². The van der Waals surface area contributed by atoms with Crippen molar-refractivity contribution in [1.29, 1.82) is 0 Å². The van der Waals surface area contributed by atoms with Crippen LogP contribution in [0.25, 0.3) is 5.57 Å². The fourth-order valence-corrected chi connectivity index (χ4v) is 1.66. The maximum absolute atomic E-state index is 13.0. The number of hydrogen-bond donors (Lipinski definition) is 0. The molecule has 2 heteroatoms. The van der Waals surface area contributed by atoms with E-state index in [1.807, 2.05) is 6.07 Å². The Bertz CT molecular complexity index is 369. The maximum Gasteiger partial charge on any atom is 0.143 e. The van der Waals surface area contributed by atoms with Gasteiger partial charge in [-0.1, -0.05) is 31.9 Å². The van der Waals surface area contributed by atoms with Crippen LogP contribution in [0.3, 0.4) is 0 Å². The lowest BCUT2D eigenvalue weighted by atomic mass is 9.99. The quantitative estimate of drug-likeness (QED) is 0.402. The van der Waals surface area contributed by atoms with Gasteiger partial charge in [0.25, 0.3) is 0 Å². The topological polar surface area (TPSA) is 17.1 Å². The summed E-state index contributed by atoms with van der Waals surface area (Å²) in [7, 11) is 0. The summed E-state index contributed by atoms with van der Waals surface area (Å²) >= 11 is 0. The molecule has 0 saturated heterocycles. The largest absolute Gasteiger partial charge is 0.299 e. The molecule has 0 heterocycles.